The number of benzene rings is 1. The van der Waals surface area contributed by atoms with Gasteiger partial charge in [-0.05, 0) is 42.2 Å². The predicted molar refractivity (Wildman–Crippen MR) is 119 cm³/mol. The van der Waals surface area contributed by atoms with E-state index < -0.39 is 11.4 Å². The summed E-state index contributed by atoms with van der Waals surface area (Å²) in [7, 11) is 0. The molecule has 2 aromatic rings. The first-order valence-corrected chi connectivity index (χ1v) is 10.8. The number of carbonyl (C=O) groups excluding carboxylic acids is 2. The van der Waals surface area contributed by atoms with Gasteiger partial charge in [0.2, 0.25) is 5.91 Å². The maximum atomic E-state index is 12.9. The second-order valence-corrected chi connectivity index (χ2v) is 8.68. The van der Waals surface area contributed by atoms with E-state index >= 15 is 0 Å². The monoisotopic (exact) mass is 437 g/mol. The van der Waals surface area contributed by atoms with E-state index in [1.54, 1.807) is 44.2 Å². The molecule has 0 spiro atoms. The molecule has 29 heavy (non-hydrogen) atoms. The Balaban J connectivity index is 0.00000204. The molecule has 1 aromatic carbocycles. The summed E-state index contributed by atoms with van der Waals surface area (Å²) < 4.78 is 0. The fourth-order valence-electron chi connectivity index (χ4n) is 2.71. The van der Waals surface area contributed by atoms with E-state index in [0.717, 1.165) is 11.3 Å². The van der Waals surface area contributed by atoms with E-state index in [-0.39, 0.29) is 24.5 Å². The van der Waals surface area contributed by atoms with Gasteiger partial charge in [-0.1, -0.05) is 46.2 Å². The number of thiophene rings is 1. The molecule has 1 amide bonds. The molecule has 7 heteroatoms. The molecule has 2 rings (SSSR count). The average molecular weight is 438 g/mol. The fourth-order valence-corrected chi connectivity index (χ4v) is 3.85. The van der Waals surface area contributed by atoms with E-state index in [0.29, 0.717) is 21.2 Å². The number of ketones is 1. The highest BCUT2D eigenvalue weighted by atomic mass is 35.5. The third kappa shape index (κ3) is 7.63. The van der Waals surface area contributed by atoms with Crippen molar-refractivity contribution in [2.75, 3.05) is 5.32 Å². The molecule has 0 radical (unpaired) electrons. The first kappa shape index (κ1) is 24.9. The minimum absolute atomic E-state index is 0.0488. The van der Waals surface area contributed by atoms with Crippen LogP contribution in [-0.4, -0.2) is 22.8 Å². The molecule has 0 atom stereocenters. The molecule has 158 valence electrons. The van der Waals surface area contributed by atoms with Crippen molar-refractivity contribution in [1.82, 2.24) is 0 Å². The minimum Gasteiger partial charge on any atom is -0.481 e. The van der Waals surface area contributed by atoms with Gasteiger partial charge >= 0.3 is 5.97 Å². The zero-order valence-electron chi connectivity index (χ0n) is 17.5. The number of nitrogens with one attached hydrogen (secondary N) is 1. The molecular weight excluding hydrogens is 410 g/mol. The van der Waals surface area contributed by atoms with Crippen LogP contribution in [0.5, 0.6) is 0 Å². The molecule has 0 saturated carbocycles. The Morgan fingerprint density at radius 1 is 1.10 bits per heavy atom. The Kier molecular flexibility index (Phi) is 9.53. The average Bonchev–Trinajstić information content (AvgIpc) is 3.04. The lowest BCUT2D eigenvalue weighted by Gasteiger charge is -2.21. The summed E-state index contributed by atoms with van der Waals surface area (Å²) in [5, 5.41) is 12.8. The van der Waals surface area contributed by atoms with Crippen molar-refractivity contribution in [3.05, 3.63) is 51.4 Å². The maximum absolute atomic E-state index is 12.9. The van der Waals surface area contributed by atoms with Crippen molar-refractivity contribution in [1.29, 1.82) is 0 Å². The Hall–Kier alpha value is -2.18. The number of carbonyl (C=O) groups is 3. The summed E-state index contributed by atoms with van der Waals surface area (Å²) in [4.78, 5) is 37.2. The van der Waals surface area contributed by atoms with Gasteiger partial charge in [-0.25, -0.2) is 0 Å². The predicted octanol–water partition coefficient (Wildman–Crippen LogP) is 6.05. The van der Waals surface area contributed by atoms with E-state index in [1.807, 2.05) is 20.8 Å². The van der Waals surface area contributed by atoms with Crippen LogP contribution in [0.1, 0.15) is 68.3 Å². The number of hydrogen-bond donors (Lipinski definition) is 2. The van der Waals surface area contributed by atoms with Gasteiger partial charge in [-0.15, -0.1) is 11.3 Å². The lowest BCUT2D eigenvalue weighted by molar-refractivity contribution is -0.139. The van der Waals surface area contributed by atoms with Crippen LogP contribution in [0, 0.1) is 5.41 Å². The zero-order valence-corrected chi connectivity index (χ0v) is 19.0. The Bertz CT molecular complexity index is 856. The van der Waals surface area contributed by atoms with E-state index in [9.17, 15) is 14.4 Å². The zero-order chi connectivity index (χ0) is 22.2. The van der Waals surface area contributed by atoms with Crippen LogP contribution in [-0.2, 0) is 16.0 Å². The highest BCUT2D eigenvalue weighted by molar-refractivity contribution is 7.16. The summed E-state index contributed by atoms with van der Waals surface area (Å²) in [6, 6.07) is 8.38. The molecule has 2 N–H and O–H groups in total. The molecule has 0 bridgehead atoms. The first-order chi connectivity index (χ1) is 13.6. The van der Waals surface area contributed by atoms with Crippen LogP contribution in [0.2, 0.25) is 5.02 Å². The van der Waals surface area contributed by atoms with Crippen molar-refractivity contribution in [3.63, 3.8) is 0 Å². The van der Waals surface area contributed by atoms with Crippen LogP contribution < -0.4 is 5.32 Å². The van der Waals surface area contributed by atoms with Gasteiger partial charge in [0.05, 0.1) is 12.0 Å². The molecule has 0 aliphatic rings. The summed E-state index contributed by atoms with van der Waals surface area (Å²) in [5.41, 5.74) is 0.242. The number of anilines is 1. The number of carboxylic acids is 1. The minimum atomic E-state index is -0.948. The lowest BCUT2D eigenvalue weighted by atomic mass is 9.85. The van der Waals surface area contributed by atoms with Gasteiger partial charge in [0.1, 0.15) is 5.00 Å². The molecule has 5 nitrogen and oxygen atoms in total. The Morgan fingerprint density at radius 3 is 2.21 bits per heavy atom. The third-order valence-electron chi connectivity index (χ3n) is 4.00. The standard InChI is InChI=1S/C20H22ClNO4S.C2H6/c1-4-14-9-15(18(26)12-5-7-13(21)8-6-12)19(27-14)22-16(23)10-20(2,3)11-17(24)25;1-2/h5-9H,4,10-11H2,1-3H3,(H,22,23)(H,24,25);1-2H3. The number of hydrogen-bond acceptors (Lipinski definition) is 4. The van der Waals surface area contributed by atoms with Crippen molar-refractivity contribution < 1.29 is 19.5 Å². The molecule has 1 heterocycles. The van der Waals surface area contributed by atoms with E-state index in [2.05, 4.69) is 5.32 Å². The normalized spacial score (nSPS) is 10.7. The van der Waals surface area contributed by atoms with Crippen LogP contribution in [0.4, 0.5) is 5.00 Å². The van der Waals surface area contributed by atoms with Crippen molar-refractivity contribution in [3.8, 4) is 0 Å². The van der Waals surface area contributed by atoms with Crippen molar-refractivity contribution in [2.45, 2.75) is 53.9 Å². The van der Waals surface area contributed by atoms with Gasteiger partial charge in [0.25, 0.3) is 0 Å². The smallest absolute Gasteiger partial charge is 0.303 e. The SMILES string of the molecule is CC.CCc1cc(C(=O)c2ccc(Cl)cc2)c(NC(=O)CC(C)(C)CC(=O)O)s1. The molecule has 0 saturated heterocycles. The summed E-state index contributed by atoms with van der Waals surface area (Å²) in [5.74, 6) is -1.45. The second-order valence-electron chi connectivity index (χ2n) is 7.10. The number of aliphatic carboxylic acids is 1. The van der Waals surface area contributed by atoms with Gasteiger partial charge in [-0.2, -0.15) is 0 Å². The van der Waals surface area contributed by atoms with Crippen LogP contribution >= 0.6 is 22.9 Å². The summed E-state index contributed by atoms with van der Waals surface area (Å²) >= 11 is 7.24. The number of rotatable bonds is 8. The van der Waals surface area contributed by atoms with Crippen LogP contribution in [0.3, 0.4) is 0 Å². The summed E-state index contributed by atoms with van der Waals surface area (Å²) in [6.07, 6.45) is 0.681. The molecular formula is C22H28ClNO4S. The molecule has 0 aliphatic heterocycles. The van der Waals surface area contributed by atoms with Gasteiger partial charge in [0.15, 0.2) is 5.78 Å². The van der Waals surface area contributed by atoms with Crippen LogP contribution in [0.15, 0.2) is 30.3 Å². The number of amides is 1. The third-order valence-corrected chi connectivity index (χ3v) is 5.45. The number of halogens is 1. The lowest BCUT2D eigenvalue weighted by Crippen LogP contribution is -2.25. The topological polar surface area (TPSA) is 83.5 Å². The highest BCUT2D eigenvalue weighted by Gasteiger charge is 2.26. The van der Waals surface area contributed by atoms with Crippen LogP contribution in [0.25, 0.3) is 0 Å². The second kappa shape index (κ2) is 11.1. The van der Waals surface area contributed by atoms with E-state index in [1.165, 1.54) is 11.3 Å². The largest absolute Gasteiger partial charge is 0.481 e. The number of aryl methyl sites for hydroxylation is 1. The van der Waals surface area contributed by atoms with Gasteiger partial charge < -0.3 is 10.4 Å². The molecule has 0 fully saturated rings. The van der Waals surface area contributed by atoms with Gasteiger partial charge in [-0.3, -0.25) is 14.4 Å². The molecule has 0 aliphatic carbocycles. The van der Waals surface area contributed by atoms with Crippen molar-refractivity contribution >= 4 is 45.6 Å². The number of carboxylic acid groups (broad SMARTS) is 1. The summed E-state index contributed by atoms with van der Waals surface area (Å²) in [6.45, 7) is 9.43. The van der Waals surface area contributed by atoms with Crippen molar-refractivity contribution in [2.24, 2.45) is 5.41 Å². The molecule has 1 aromatic heterocycles. The maximum Gasteiger partial charge on any atom is 0.303 e. The van der Waals surface area contributed by atoms with Gasteiger partial charge in [0, 0.05) is 21.9 Å². The van der Waals surface area contributed by atoms with E-state index in [4.69, 9.17) is 16.7 Å². The Labute approximate surface area is 181 Å². The molecule has 0 unspecified atom stereocenters. The Morgan fingerprint density at radius 2 is 1.69 bits per heavy atom. The fraction of sp³-hybridized carbons (Fsp3) is 0.409. The quantitative estimate of drug-likeness (QED) is 0.492. The highest BCUT2D eigenvalue weighted by Crippen LogP contribution is 2.32. The first-order valence-electron chi connectivity index (χ1n) is 9.56.